The van der Waals surface area contributed by atoms with E-state index in [2.05, 4.69) is 16.8 Å². The summed E-state index contributed by atoms with van der Waals surface area (Å²) >= 11 is 0. The highest BCUT2D eigenvalue weighted by Gasteiger charge is 2.22. The molecule has 1 fully saturated rings. The van der Waals surface area contributed by atoms with Crippen molar-refractivity contribution in [2.45, 2.75) is 58.9 Å². The van der Waals surface area contributed by atoms with Crippen molar-refractivity contribution in [2.75, 3.05) is 13.2 Å². The molecule has 1 aliphatic rings. The number of nitrogens with one attached hydrogen (secondary N) is 1. The first-order valence-corrected chi connectivity index (χ1v) is 8.12. The van der Waals surface area contributed by atoms with Crippen LogP contribution in [0.25, 0.3) is 0 Å². The monoisotopic (exact) mass is 292 g/mol. The number of carbonyl (C=O) groups excluding carboxylic acids is 1. The highest BCUT2D eigenvalue weighted by atomic mass is 16.3. The molecule has 1 unspecified atom stereocenters. The van der Waals surface area contributed by atoms with E-state index in [1.807, 2.05) is 19.9 Å². The van der Waals surface area contributed by atoms with Crippen molar-refractivity contribution in [3.8, 4) is 0 Å². The van der Waals surface area contributed by atoms with Gasteiger partial charge in [-0.15, -0.1) is 0 Å². The van der Waals surface area contributed by atoms with E-state index in [0.717, 1.165) is 11.3 Å². The summed E-state index contributed by atoms with van der Waals surface area (Å²) in [5, 5.41) is 12.0. The maximum Gasteiger partial charge on any atom is 0.253 e. The quantitative estimate of drug-likeness (QED) is 0.876. The molecule has 1 saturated carbocycles. The van der Waals surface area contributed by atoms with E-state index in [9.17, 15) is 4.79 Å². The molecule has 2 rings (SSSR count). The number of hydrogen-bond donors (Lipinski definition) is 2. The first-order valence-electron chi connectivity index (χ1n) is 8.12. The van der Waals surface area contributed by atoms with Crippen LogP contribution in [0.5, 0.6) is 0 Å². The average molecular weight is 292 g/mol. The third kappa shape index (κ3) is 3.67. The second-order valence-corrected chi connectivity index (χ2v) is 6.44. The predicted octanol–water partition coefficient (Wildman–Crippen LogP) is 2.97. The maximum absolute atomic E-state index is 12.3. The van der Waals surface area contributed by atoms with Crippen LogP contribution in [0.15, 0.2) is 6.07 Å². The van der Waals surface area contributed by atoms with E-state index in [4.69, 9.17) is 5.11 Å². The van der Waals surface area contributed by atoms with Crippen LogP contribution < -0.4 is 5.32 Å². The summed E-state index contributed by atoms with van der Waals surface area (Å²) in [5.74, 6) is 0.0706. The summed E-state index contributed by atoms with van der Waals surface area (Å²) in [6.07, 6.45) is 6.36. The van der Waals surface area contributed by atoms with Gasteiger partial charge in [-0.1, -0.05) is 26.2 Å². The van der Waals surface area contributed by atoms with E-state index in [0.29, 0.717) is 12.6 Å². The van der Waals surface area contributed by atoms with Gasteiger partial charge >= 0.3 is 0 Å². The molecule has 4 nitrogen and oxygen atoms in total. The number of aryl methyl sites for hydroxylation is 1. The summed E-state index contributed by atoms with van der Waals surface area (Å²) in [7, 11) is 0. The van der Waals surface area contributed by atoms with Gasteiger partial charge in [0.1, 0.15) is 0 Å². The topological polar surface area (TPSA) is 54.3 Å². The van der Waals surface area contributed by atoms with Crippen molar-refractivity contribution in [1.82, 2.24) is 9.88 Å². The van der Waals surface area contributed by atoms with Crippen LogP contribution >= 0.6 is 0 Å². The number of aliphatic hydroxyl groups excluding tert-OH is 1. The normalized spacial score (nSPS) is 17.7. The Morgan fingerprint density at radius 1 is 1.38 bits per heavy atom. The van der Waals surface area contributed by atoms with Crippen LogP contribution in [0, 0.1) is 19.8 Å². The molecule has 0 bridgehead atoms. The van der Waals surface area contributed by atoms with E-state index >= 15 is 0 Å². The minimum atomic E-state index is -0.0227. The fourth-order valence-corrected chi connectivity index (χ4v) is 3.33. The highest BCUT2D eigenvalue weighted by molar-refractivity contribution is 5.95. The minimum absolute atomic E-state index is 0.0227. The van der Waals surface area contributed by atoms with E-state index in [1.54, 1.807) is 0 Å². The second kappa shape index (κ2) is 7.12. The molecule has 118 valence electrons. The van der Waals surface area contributed by atoms with Crippen LogP contribution in [0.4, 0.5) is 0 Å². The molecule has 1 heterocycles. The third-order valence-corrected chi connectivity index (χ3v) is 4.59. The molecular weight excluding hydrogens is 264 g/mol. The molecule has 0 radical (unpaired) electrons. The Morgan fingerprint density at radius 3 is 2.67 bits per heavy atom. The molecule has 1 amide bonds. The van der Waals surface area contributed by atoms with Gasteiger partial charge in [0.25, 0.3) is 5.91 Å². The maximum atomic E-state index is 12.3. The SMILES string of the molecule is Cc1cc(C(=O)NCC(C)CO)c(C)n1C1CCCCC1. The largest absolute Gasteiger partial charge is 0.396 e. The molecule has 0 aliphatic heterocycles. The van der Waals surface area contributed by atoms with Gasteiger partial charge in [0, 0.05) is 30.6 Å². The summed E-state index contributed by atoms with van der Waals surface area (Å²) < 4.78 is 2.35. The highest BCUT2D eigenvalue weighted by Crippen LogP contribution is 2.32. The molecule has 0 saturated heterocycles. The second-order valence-electron chi connectivity index (χ2n) is 6.44. The lowest BCUT2D eigenvalue weighted by Crippen LogP contribution is -2.30. The van der Waals surface area contributed by atoms with E-state index < -0.39 is 0 Å². The van der Waals surface area contributed by atoms with Gasteiger partial charge in [0.05, 0.1) is 5.56 Å². The molecule has 1 atom stereocenters. The van der Waals surface area contributed by atoms with Crippen LogP contribution in [0.2, 0.25) is 0 Å². The van der Waals surface area contributed by atoms with Crippen LogP contribution in [-0.4, -0.2) is 28.7 Å². The Kier molecular flexibility index (Phi) is 5.45. The van der Waals surface area contributed by atoms with Crippen molar-refractivity contribution in [1.29, 1.82) is 0 Å². The van der Waals surface area contributed by atoms with Crippen LogP contribution in [-0.2, 0) is 0 Å². The standard InChI is InChI=1S/C17H28N2O2/c1-12(11-20)10-18-17(21)16-9-13(2)19(14(16)3)15-7-5-4-6-8-15/h9,12,15,20H,4-8,10-11H2,1-3H3,(H,18,21). The lowest BCUT2D eigenvalue weighted by molar-refractivity contribution is 0.0941. The summed E-state index contributed by atoms with van der Waals surface area (Å²) in [6, 6.07) is 2.56. The Bertz CT molecular complexity index is 487. The first-order chi connectivity index (χ1) is 10.0. The molecular formula is C17H28N2O2. The molecule has 1 aliphatic carbocycles. The fourth-order valence-electron chi connectivity index (χ4n) is 3.33. The van der Waals surface area contributed by atoms with Gasteiger partial charge in [0.15, 0.2) is 0 Å². The molecule has 0 spiro atoms. The average Bonchev–Trinajstić information content (AvgIpc) is 2.80. The van der Waals surface area contributed by atoms with Crippen molar-refractivity contribution < 1.29 is 9.90 Å². The van der Waals surface area contributed by atoms with Crippen molar-refractivity contribution in [3.63, 3.8) is 0 Å². The Morgan fingerprint density at radius 2 is 2.05 bits per heavy atom. The van der Waals surface area contributed by atoms with Crippen LogP contribution in [0.3, 0.4) is 0 Å². The molecule has 4 heteroatoms. The van der Waals surface area contributed by atoms with Gasteiger partial charge in [-0.25, -0.2) is 0 Å². The first kappa shape index (κ1) is 16.1. The molecule has 21 heavy (non-hydrogen) atoms. The number of carbonyl (C=O) groups is 1. The summed E-state index contributed by atoms with van der Waals surface area (Å²) in [6.45, 7) is 6.68. The number of hydrogen-bond acceptors (Lipinski definition) is 2. The van der Waals surface area contributed by atoms with E-state index in [1.165, 1.54) is 37.8 Å². The molecule has 1 aromatic heterocycles. The van der Waals surface area contributed by atoms with Crippen molar-refractivity contribution in [2.24, 2.45) is 5.92 Å². The number of aliphatic hydroxyl groups is 1. The van der Waals surface area contributed by atoms with Gasteiger partial charge in [-0.05, 0) is 38.7 Å². The Balaban J connectivity index is 2.12. The summed E-state index contributed by atoms with van der Waals surface area (Å²) in [5.41, 5.74) is 3.04. The zero-order valence-corrected chi connectivity index (χ0v) is 13.5. The van der Waals surface area contributed by atoms with Gasteiger partial charge in [0.2, 0.25) is 0 Å². The zero-order chi connectivity index (χ0) is 15.4. The summed E-state index contributed by atoms with van der Waals surface area (Å²) in [4.78, 5) is 12.3. The van der Waals surface area contributed by atoms with Gasteiger partial charge in [-0.2, -0.15) is 0 Å². The van der Waals surface area contributed by atoms with Gasteiger partial charge in [-0.3, -0.25) is 4.79 Å². The number of nitrogens with zero attached hydrogens (tertiary/aromatic N) is 1. The zero-order valence-electron chi connectivity index (χ0n) is 13.5. The lowest BCUT2D eigenvalue weighted by atomic mass is 9.95. The number of rotatable bonds is 5. The smallest absolute Gasteiger partial charge is 0.253 e. The van der Waals surface area contributed by atoms with Crippen LogP contribution in [0.1, 0.15) is 66.8 Å². The fraction of sp³-hybridized carbons (Fsp3) is 0.706. The minimum Gasteiger partial charge on any atom is -0.396 e. The molecule has 0 aromatic carbocycles. The Hall–Kier alpha value is -1.29. The lowest BCUT2D eigenvalue weighted by Gasteiger charge is -2.26. The Labute approximate surface area is 127 Å². The predicted molar refractivity (Wildman–Crippen MR) is 84.6 cm³/mol. The molecule has 2 N–H and O–H groups in total. The molecule has 1 aromatic rings. The van der Waals surface area contributed by atoms with Crippen molar-refractivity contribution in [3.05, 3.63) is 23.0 Å². The third-order valence-electron chi connectivity index (χ3n) is 4.59. The number of aromatic nitrogens is 1. The van der Waals surface area contributed by atoms with Crippen molar-refractivity contribution >= 4 is 5.91 Å². The van der Waals surface area contributed by atoms with E-state index in [-0.39, 0.29) is 18.4 Å². The number of amides is 1. The van der Waals surface area contributed by atoms with Gasteiger partial charge < -0.3 is 15.0 Å².